The summed E-state index contributed by atoms with van der Waals surface area (Å²) in [7, 11) is 0. The quantitative estimate of drug-likeness (QED) is 0.696. The van der Waals surface area contributed by atoms with Gasteiger partial charge in [0.2, 0.25) is 0 Å². The maximum atomic E-state index is 12.3. The Bertz CT molecular complexity index is 843. The normalized spacial score (nSPS) is 14.0. The van der Waals surface area contributed by atoms with E-state index in [1.807, 2.05) is 31.2 Å². The van der Waals surface area contributed by atoms with Crippen LogP contribution in [0.4, 0.5) is 0 Å². The van der Waals surface area contributed by atoms with E-state index in [1.165, 1.54) is 6.08 Å². The Balaban J connectivity index is 1.95. The topological polar surface area (TPSA) is 67.5 Å². The van der Waals surface area contributed by atoms with Crippen LogP contribution in [-0.2, 0) is 12.8 Å². The van der Waals surface area contributed by atoms with Crippen molar-refractivity contribution >= 4 is 11.9 Å². The molecule has 0 radical (unpaired) electrons. The number of hydrogen-bond donors (Lipinski definition) is 1. The molecule has 0 aliphatic heterocycles. The number of fused-ring (bicyclic) bond motifs is 1. The molecule has 0 amide bonds. The number of aryl methyl sites for hydroxylation is 2. The van der Waals surface area contributed by atoms with Crippen LogP contribution in [0.15, 0.2) is 39.6 Å². The second-order valence-electron chi connectivity index (χ2n) is 5.83. The third-order valence-corrected chi connectivity index (χ3v) is 4.08. The molecule has 1 aliphatic carbocycles. The van der Waals surface area contributed by atoms with Gasteiger partial charge in [0.25, 0.3) is 0 Å². The molecule has 0 atom stereocenters. The van der Waals surface area contributed by atoms with Crippen molar-refractivity contribution in [2.75, 3.05) is 0 Å². The number of carbonyl (C=O) groups excluding carboxylic acids is 1. The zero-order chi connectivity index (χ0) is 16.4. The Kier molecular flexibility index (Phi) is 4.15. The smallest absolute Gasteiger partial charge is 0.351 e. The van der Waals surface area contributed by atoms with Crippen molar-refractivity contribution in [3.05, 3.63) is 68.8 Å². The van der Waals surface area contributed by atoms with Gasteiger partial charge in [-0.05, 0) is 37.8 Å². The molecule has 118 valence electrons. The summed E-state index contributed by atoms with van der Waals surface area (Å²) in [5.74, 6) is -0.237. The lowest BCUT2D eigenvalue weighted by atomic mass is 9.94. The minimum absolute atomic E-state index is 0.213. The van der Waals surface area contributed by atoms with Crippen LogP contribution in [0.25, 0.3) is 6.08 Å². The maximum Gasteiger partial charge on any atom is 0.351 e. The van der Waals surface area contributed by atoms with E-state index >= 15 is 0 Å². The fraction of sp³-hybridized carbons (Fsp3) is 0.263. The minimum atomic E-state index is -0.762. The lowest BCUT2D eigenvalue weighted by molar-refractivity contribution is 0.104. The molecule has 0 saturated carbocycles. The van der Waals surface area contributed by atoms with Gasteiger partial charge in [0.05, 0.1) is 0 Å². The number of benzene rings is 1. The van der Waals surface area contributed by atoms with E-state index in [0.717, 1.165) is 24.0 Å². The van der Waals surface area contributed by atoms with Gasteiger partial charge in [-0.3, -0.25) is 4.79 Å². The number of allylic oxidation sites excluding steroid dienone is 1. The summed E-state index contributed by atoms with van der Waals surface area (Å²) in [5.41, 5.74) is 1.51. The number of hydrogen-bond acceptors (Lipinski definition) is 4. The Labute approximate surface area is 134 Å². The summed E-state index contributed by atoms with van der Waals surface area (Å²) in [6, 6.07) is 7.65. The first-order valence-corrected chi connectivity index (χ1v) is 7.73. The van der Waals surface area contributed by atoms with Crippen molar-refractivity contribution in [1.29, 1.82) is 0 Å². The number of carbonyl (C=O) groups is 1. The van der Waals surface area contributed by atoms with Gasteiger partial charge in [0, 0.05) is 12.0 Å². The van der Waals surface area contributed by atoms with E-state index in [-0.39, 0.29) is 11.3 Å². The molecule has 3 rings (SSSR count). The third-order valence-electron chi connectivity index (χ3n) is 4.08. The SMILES string of the molecule is Cc1cccc(/C=C/C(=O)c2c(O)c3c(oc2=O)CCCC3)c1. The van der Waals surface area contributed by atoms with Gasteiger partial charge >= 0.3 is 5.63 Å². The second kappa shape index (κ2) is 6.24. The van der Waals surface area contributed by atoms with Gasteiger partial charge in [-0.25, -0.2) is 4.79 Å². The lowest BCUT2D eigenvalue weighted by Crippen LogP contribution is -2.17. The van der Waals surface area contributed by atoms with Gasteiger partial charge in [0.1, 0.15) is 17.1 Å². The van der Waals surface area contributed by atoms with Crippen LogP contribution in [0.3, 0.4) is 0 Å². The van der Waals surface area contributed by atoms with Crippen LogP contribution < -0.4 is 5.63 Å². The van der Waals surface area contributed by atoms with Crippen molar-refractivity contribution in [2.24, 2.45) is 0 Å². The molecule has 0 fully saturated rings. The van der Waals surface area contributed by atoms with Crippen LogP contribution in [0.5, 0.6) is 5.75 Å². The maximum absolute atomic E-state index is 12.3. The molecule has 23 heavy (non-hydrogen) atoms. The number of rotatable bonds is 3. The van der Waals surface area contributed by atoms with Crippen LogP contribution in [0, 0.1) is 6.92 Å². The lowest BCUT2D eigenvalue weighted by Gasteiger charge is -2.15. The molecule has 0 bridgehead atoms. The predicted octanol–water partition coefficient (Wildman–Crippen LogP) is 3.43. The average Bonchev–Trinajstić information content (AvgIpc) is 2.53. The molecule has 1 aliphatic rings. The molecule has 0 unspecified atom stereocenters. The molecule has 0 saturated heterocycles. The first kappa shape index (κ1) is 15.3. The van der Waals surface area contributed by atoms with Crippen molar-refractivity contribution in [3.63, 3.8) is 0 Å². The third kappa shape index (κ3) is 3.11. The van der Waals surface area contributed by atoms with Crippen molar-refractivity contribution in [2.45, 2.75) is 32.6 Å². The van der Waals surface area contributed by atoms with Crippen LogP contribution in [-0.4, -0.2) is 10.9 Å². The van der Waals surface area contributed by atoms with Crippen LogP contribution in [0.2, 0.25) is 0 Å². The molecule has 1 aromatic carbocycles. The number of ketones is 1. The van der Waals surface area contributed by atoms with Crippen molar-refractivity contribution in [3.8, 4) is 5.75 Å². The van der Waals surface area contributed by atoms with E-state index in [4.69, 9.17) is 4.42 Å². The summed E-state index contributed by atoms with van der Waals surface area (Å²) in [6.45, 7) is 1.96. The van der Waals surface area contributed by atoms with E-state index < -0.39 is 11.4 Å². The molecule has 2 aromatic rings. The Morgan fingerprint density at radius 3 is 2.83 bits per heavy atom. The Hall–Kier alpha value is -2.62. The highest BCUT2D eigenvalue weighted by Gasteiger charge is 2.24. The highest BCUT2D eigenvalue weighted by molar-refractivity contribution is 6.08. The summed E-state index contributed by atoms with van der Waals surface area (Å²) in [5, 5.41) is 10.3. The Morgan fingerprint density at radius 2 is 2.04 bits per heavy atom. The summed E-state index contributed by atoms with van der Waals surface area (Å²) >= 11 is 0. The van der Waals surface area contributed by atoms with Crippen LogP contribution in [0.1, 0.15) is 45.7 Å². The zero-order valence-corrected chi connectivity index (χ0v) is 13.0. The molecule has 1 heterocycles. The highest BCUT2D eigenvalue weighted by atomic mass is 16.4. The molecule has 1 aromatic heterocycles. The first-order chi connectivity index (χ1) is 11.1. The molecular formula is C19H18O4. The zero-order valence-electron chi connectivity index (χ0n) is 13.0. The Morgan fingerprint density at radius 1 is 1.26 bits per heavy atom. The summed E-state index contributed by atoms with van der Waals surface area (Å²) in [6.07, 6.45) is 6.04. The molecule has 4 nitrogen and oxygen atoms in total. The second-order valence-corrected chi connectivity index (χ2v) is 5.83. The van der Waals surface area contributed by atoms with E-state index in [1.54, 1.807) is 6.08 Å². The van der Waals surface area contributed by atoms with Gasteiger partial charge < -0.3 is 9.52 Å². The number of aromatic hydroxyl groups is 1. The fourth-order valence-electron chi connectivity index (χ4n) is 2.90. The van der Waals surface area contributed by atoms with E-state index in [0.29, 0.717) is 24.2 Å². The summed E-state index contributed by atoms with van der Waals surface area (Å²) < 4.78 is 5.23. The molecular weight excluding hydrogens is 292 g/mol. The predicted molar refractivity (Wildman–Crippen MR) is 87.8 cm³/mol. The monoisotopic (exact) mass is 310 g/mol. The fourth-order valence-corrected chi connectivity index (χ4v) is 2.90. The minimum Gasteiger partial charge on any atom is -0.506 e. The molecule has 0 spiro atoms. The van der Waals surface area contributed by atoms with Gasteiger partial charge in [0.15, 0.2) is 5.78 Å². The largest absolute Gasteiger partial charge is 0.506 e. The van der Waals surface area contributed by atoms with Gasteiger partial charge in [-0.15, -0.1) is 0 Å². The average molecular weight is 310 g/mol. The first-order valence-electron chi connectivity index (χ1n) is 7.73. The van der Waals surface area contributed by atoms with E-state index in [9.17, 15) is 14.7 Å². The molecule has 4 heteroatoms. The van der Waals surface area contributed by atoms with Gasteiger partial charge in [-0.1, -0.05) is 35.9 Å². The highest BCUT2D eigenvalue weighted by Crippen LogP contribution is 2.30. The van der Waals surface area contributed by atoms with Crippen molar-refractivity contribution < 1.29 is 14.3 Å². The van der Waals surface area contributed by atoms with Gasteiger partial charge in [-0.2, -0.15) is 0 Å². The van der Waals surface area contributed by atoms with E-state index in [2.05, 4.69) is 0 Å². The van der Waals surface area contributed by atoms with Crippen molar-refractivity contribution in [1.82, 2.24) is 0 Å². The standard InChI is InChI=1S/C19H18O4/c1-12-5-4-6-13(11-12)9-10-15(20)17-18(21)14-7-2-3-8-16(14)23-19(17)22/h4-6,9-11,21H,2-3,7-8H2,1H3/b10-9+. The van der Waals surface area contributed by atoms with Crippen LogP contribution >= 0.6 is 0 Å². The molecule has 1 N–H and O–H groups in total. The summed E-state index contributed by atoms with van der Waals surface area (Å²) in [4.78, 5) is 24.4.